The van der Waals surface area contributed by atoms with Gasteiger partial charge < -0.3 is 23.8 Å². The molecule has 0 N–H and O–H groups in total. The van der Waals surface area contributed by atoms with Crippen molar-refractivity contribution < 1.29 is 23.5 Å². The average Bonchev–Trinajstić information content (AvgIpc) is 3.55. The lowest BCUT2D eigenvalue weighted by Gasteiger charge is -2.23. The van der Waals surface area contributed by atoms with Crippen molar-refractivity contribution in [3.8, 4) is 12.1 Å². The van der Waals surface area contributed by atoms with Crippen LogP contribution in [-0.2, 0) is 32.5 Å². The maximum Gasteiger partial charge on any atom is 0.243 e. The number of thiophene rings is 1. The zero-order valence-electron chi connectivity index (χ0n) is 24.9. The first-order chi connectivity index (χ1) is 20.5. The molecule has 2 aromatic heterocycles. The minimum Gasteiger partial charge on any atom is -0.377 e. The third-order valence-corrected chi connectivity index (χ3v) is 7.54. The van der Waals surface area contributed by atoms with E-state index in [-0.39, 0.29) is 0 Å². The van der Waals surface area contributed by atoms with E-state index in [1.807, 2.05) is 49.4 Å². The number of hydrogen-bond donors (Lipinski definition) is 0. The Morgan fingerprint density at radius 1 is 0.929 bits per heavy atom. The standard InChI is InChI=1S/C30H40N7O4S/c1-5-37(11-13-39-15-17-41-19-18-40-16-14-38-12-10-36-9-8-35(4)23-36)26-6-7-28(24(2)20-26)33-34-30-27(21-31)25(3)29(22-32)42-30/h6-9,20,23H,5,10-19H2,1-4H3/q+1/b34-33+. The molecule has 12 heteroatoms. The summed E-state index contributed by atoms with van der Waals surface area (Å²) >= 11 is 1.18. The van der Waals surface area contributed by atoms with Crippen molar-refractivity contribution in [1.82, 2.24) is 4.57 Å². The fourth-order valence-corrected chi connectivity index (χ4v) is 4.94. The van der Waals surface area contributed by atoms with Crippen LogP contribution in [-0.4, -0.2) is 70.5 Å². The second-order valence-corrected chi connectivity index (χ2v) is 10.5. The third kappa shape index (κ3) is 10.3. The fraction of sp³-hybridized carbons (Fsp3) is 0.500. The van der Waals surface area contributed by atoms with Crippen LogP contribution in [0.2, 0.25) is 0 Å². The van der Waals surface area contributed by atoms with Crippen molar-refractivity contribution in [3.05, 3.63) is 58.5 Å². The van der Waals surface area contributed by atoms with Crippen molar-refractivity contribution in [2.75, 3.05) is 70.8 Å². The van der Waals surface area contributed by atoms with E-state index >= 15 is 0 Å². The molecule has 3 aromatic rings. The molecule has 0 amide bonds. The molecule has 224 valence electrons. The molecule has 0 aliphatic heterocycles. The van der Waals surface area contributed by atoms with Gasteiger partial charge in [0.15, 0.2) is 5.00 Å². The molecule has 0 radical (unpaired) electrons. The average molecular weight is 595 g/mol. The fourth-order valence-electron chi connectivity index (χ4n) is 4.07. The summed E-state index contributed by atoms with van der Waals surface area (Å²) in [5.74, 6) is 0. The maximum atomic E-state index is 9.42. The number of aromatic nitrogens is 2. The van der Waals surface area contributed by atoms with E-state index < -0.39 is 0 Å². The lowest BCUT2D eigenvalue weighted by molar-refractivity contribution is -0.671. The van der Waals surface area contributed by atoms with E-state index in [2.05, 4.69) is 44.8 Å². The normalized spacial score (nSPS) is 11.2. The van der Waals surface area contributed by atoms with Crippen LogP contribution in [0.3, 0.4) is 0 Å². The second kappa shape index (κ2) is 18.0. The Bertz CT molecular complexity index is 1370. The predicted molar refractivity (Wildman–Crippen MR) is 161 cm³/mol. The van der Waals surface area contributed by atoms with E-state index in [0.29, 0.717) is 73.9 Å². The van der Waals surface area contributed by atoms with E-state index in [1.165, 1.54) is 11.3 Å². The molecule has 0 saturated heterocycles. The Hall–Kier alpha value is -3.65. The van der Waals surface area contributed by atoms with Gasteiger partial charge in [-0.2, -0.15) is 10.5 Å². The van der Waals surface area contributed by atoms with Gasteiger partial charge in [0.1, 0.15) is 36.0 Å². The van der Waals surface area contributed by atoms with Crippen LogP contribution in [0.5, 0.6) is 0 Å². The van der Waals surface area contributed by atoms with Gasteiger partial charge in [-0.15, -0.1) is 21.6 Å². The van der Waals surface area contributed by atoms with Gasteiger partial charge in [0, 0.05) is 18.8 Å². The SMILES string of the molecule is CCN(CCOCCOCCOCCOCCn1cc[n+](C)c1)c1ccc(/N=N/c2sc(C#N)c(C)c2C#N)c(C)c1. The van der Waals surface area contributed by atoms with Gasteiger partial charge in [-0.3, -0.25) is 0 Å². The van der Waals surface area contributed by atoms with Gasteiger partial charge in [0.25, 0.3) is 0 Å². The summed E-state index contributed by atoms with van der Waals surface area (Å²) in [5, 5.41) is 27.7. The summed E-state index contributed by atoms with van der Waals surface area (Å²) < 4.78 is 26.6. The van der Waals surface area contributed by atoms with Crippen LogP contribution < -0.4 is 9.47 Å². The number of ether oxygens (including phenoxy) is 4. The lowest BCUT2D eigenvalue weighted by Crippen LogP contribution is -2.27. The highest BCUT2D eigenvalue weighted by molar-refractivity contribution is 7.16. The maximum absolute atomic E-state index is 9.42. The van der Waals surface area contributed by atoms with Crippen LogP contribution in [0, 0.1) is 36.5 Å². The van der Waals surface area contributed by atoms with E-state index in [4.69, 9.17) is 18.9 Å². The monoisotopic (exact) mass is 594 g/mol. The van der Waals surface area contributed by atoms with Crippen molar-refractivity contribution in [1.29, 1.82) is 10.5 Å². The number of hydrogen-bond acceptors (Lipinski definition) is 10. The summed E-state index contributed by atoms with van der Waals surface area (Å²) in [6.07, 6.45) is 6.04. The smallest absolute Gasteiger partial charge is 0.243 e. The first-order valence-electron chi connectivity index (χ1n) is 14.0. The van der Waals surface area contributed by atoms with Crippen LogP contribution in [0.1, 0.15) is 28.5 Å². The number of benzene rings is 1. The van der Waals surface area contributed by atoms with Gasteiger partial charge in [0.05, 0.1) is 71.2 Å². The number of imidazole rings is 1. The van der Waals surface area contributed by atoms with Gasteiger partial charge in [0.2, 0.25) is 6.33 Å². The molecule has 1 aromatic carbocycles. The van der Waals surface area contributed by atoms with Crippen molar-refractivity contribution >= 4 is 27.7 Å². The van der Waals surface area contributed by atoms with Crippen molar-refractivity contribution in [3.63, 3.8) is 0 Å². The van der Waals surface area contributed by atoms with Crippen LogP contribution in [0.15, 0.2) is 47.1 Å². The summed E-state index contributed by atoms with van der Waals surface area (Å²) in [5.41, 5.74) is 3.82. The Kier molecular flexibility index (Phi) is 14.1. The molecule has 0 aliphatic carbocycles. The van der Waals surface area contributed by atoms with Gasteiger partial charge >= 0.3 is 0 Å². The quantitative estimate of drug-likeness (QED) is 0.112. The molecule has 0 bridgehead atoms. The molecular weight excluding hydrogens is 554 g/mol. The highest BCUT2D eigenvalue weighted by Gasteiger charge is 2.14. The number of rotatable bonds is 19. The largest absolute Gasteiger partial charge is 0.377 e. The Labute approximate surface area is 252 Å². The van der Waals surface area contributed by atoms with E-state index in [0.717, 1.165) is 36.6 Å². The zero-order chi connectivity index (χ0) is 30.2. The number of azo groups is 1. The third-order valence-electron chi connectivity index (χ3n) is 6.46. The molecule has 0 aliphatic rings. The van der Waals surface area contributed by atoms with Crippen LogP contribution in [0.4, 0.5) is 16.4 Å². The minimum atomic E-state index is 0.403. The van der Waals surface area contributed by atoms with Crippen molar-refractivity contribution in [2.24, 2.45) is 17.3 Å². The summed E-state index contributed by atoms with van der Waals surface area (Å²) in [4.78, 5) is 2.72. The predicted octanol–water partition coefficient (Wildman–Crippen LogP) is 4.74. The first kappa shape index (κ1) is 32.9. The first-order valence-corrected chi connectivity index (χ1v) is 14.8. The number of likely N-dealkylation sites (N-methyl/N-ethyl adjacent to an activating group) is 1. The van der Waals surface area contributed by atoms with Gasteiger partial charge in [-0.25, -0.2) is 9.13 Å². The molecule has 0 atom stereocenters. The zero-order valence-corrected chi connectivity index (χ0v) is 25.7. The summed E-state index contributed by atoms with van der Waals surface area (Å²) in [6.45, 7) is 12.7. The van der Waals surface area contributed by atoms with Gasteiger partial charge in [-0.05, 0) is 50.1 Å². The molecule has 0 unspecified atom stereocenters. The Balaban J connectivity index is 1.27. The van der Waals surface area contributed by atoms with Crippen LogP contribution in [0.25, 0.3) is 0 Å². The molecule has 0 fully saturated rings. The number of nitriles is 2. The molecule has 2 heterocycles. The molecule has 42 heavy (non-hydrogen) atoms. The highest BCUT2D eigenvalue weighted by atomic mass is 32.1. The van der Waals surface area contributed by atoms with Gasteiger partial charge in [-0.1, -0.05) is 0 Å². The molecule has 11 nitrogen and oxygen atoms in total. The van der Waals surface area contributed by atoms with E-state index in [1.54, 1.807) is 6.92 Å². The second-order valence-electron chi connectivity index (χ2n) is 9.48. The topological polar surface area (TPSA) is 121 Å². The molecule has 0 saturated carbocycles. The Morgan fingerprint density at radius 3 is 2.17 bits per heavy atom. The number of anilines is 1. The minimum absolute atomic E-state index is 0.403. The molecular formula is C30H40N7O4S+. The van der Waals surface area contributed by atoms with Crippen molar-refractivity contribution in [2.45, 2.75) is 27.3 Å². The summed E-state index contributed by atoms with van der Waals surface area (Å²) in [7, 11) is 1.99. The highest BCUT2D eigenvalue weighted by Crippen LogP contribution is 2.36. The lowest BCUT2D eigenvalue weighted by atomic mass is 10.1. The van der Waals surface area contributed by atoms with Crippen LogP contribution >= 0.6 is 11.3 Å². The number of aryl methyl sites for hydroxylation is 2. The molecule has 0 spiro atoms. The summed E-state index contributed by atoms with van der Waals surface area (Å²) in [6, 6.07) is 10.2. The molecule has 3 rings (SSSR count). The van der Waals surface area contributed by atoms with E-state index in [9.17, 15) is 10.5 Å². The number of nitrogens with zero attached hydrogens (tertiary/aromatic N) is 7. The Morgan fingerprint density at radius 2 is 1.60 bits per heavy atom.